The van der Waals surface area contributed by atoms with Gasteiger partial charge in [-0.05, 0) is 51.9 Å². The standard InChI is InChI=1S/C14H21N3O3/c1-14(2,13(19)20)16-12(18)11-4-3-9-17(11)10-5-7-15-8-6-10/h3-4,9-10,15H,5-8H2,1-2H3,(H,16,18)(H,19,20). The molecule has 0 radical (unpaired) electrons. The Kier molecular flexibility index (Phi) is 4.13. The molecule has 2 rings (SSSR count). The quantitative estimate of drug-likeness (QED) is 0.768. The molecule has 3 N–H and O–H groups in total. The van der Waals surface area contributed by atoms with E-state index in [0.717, 1.165) is 25.9 Å². The minimum atomic E-state index is -1.28. The molecule has 2 heterocycles. The molecular formula is C14H21N3O3. The van der Waals surface area contributed by atoms with Crippen LogP contribution in [-0.4, -0.2) is 40.2 Å². The van der Waals surface area contributed by atoms with E-state index < -0.39 is 11.5 Å². The second-order valence-electron chi connectivity index (χ2n) is 5.67. The largest absolute Gasteiger partial charge is 0.480 e. The lowest BCUT2D eigenvalue weighted by atomic mass is 10.1. The molecule has 0 aliphatic carbocycles. The van der Waals surface area contributed by atoms with Crippen LogP contribution in [0.1, 0.15) is 43.2 Å². The first-order valence-corrected chi connectivity index (χ1v) is 6.85. The van der Waals surface area contributed by atoms with E-state index in [0.29, 0.717) is 11.7 Å². The third-order valence-corrected chi connectivity index (χ3v) is 3.67. The number of carboxylic acid groups (broad SMARTS) is 1. The summed E-state index contributed by atoms with van der Waals surface area (Å²) in [5.41, 5.74) is -0.758. The van der Waals surface area contributed by atoms with Crippen molar-refractivity contribution in [2.24, 2.45) is 0 Å². The molecule has 0 saturated carbocycles. The van der Waals surface area contributed by atoms with E-state index in [-0.39, 0.29) is 5.91 Å². The fraction of sp³-hybridized carbons (Fsp3) is 0.571. The number of carbonyl (C=O) groups is 2. The highest BCUT2D eigenvalue weighted by Crippen LogP contribution is 2.21. The fourth-order valence-electron chi connectivity index (χ4n) is 2.39. The summed E-state index contributed by atoms with van der Waals surface area (Å²) >= 11 is 0. The summed E-state index contributed by atoms with van der Waals surface area (Å²) in [7, 11) is 0. The van der Waals surface area contributed by atoms with Gasteiger partial charge in [0.05, 0.1) is 0 Å². The van der Waals surface area contributed by atoms with Gasteiger partial charge < -0.3 is 20.3 Å². The third-order valence-electron chi connectivity index (χ3n) is 3.67. The molecule has 1 amide bonds. The van der Waals surface area contributed by atoms with Gasteiger partial charge in [-0.15, -0.1) is 0 Å². The number of hydrogen-bond acceptors (Lipinski definition) is 3. The van der Waals surface area contributed by atoms with Gasteiger partial charge in [-0.25, -0.2) is 4.79 Å². The van der Waals surface area contributed by atoms with E-state index in [1.54, 1.807) is 6.07 Å². The molecule has 0 bridgehead atoms. The van der Waals surface area contributed by atoms with Crippen molar-refractivity contribution in [1.29, 1.82) is 0 Å². The predicted octanol–water partition coefficient (Wildman–Crippen LogP) is 1.01. The summed E-state index contributed by atoms with van der Waals surface area (Å²) in [6.07, 6.45) is 3.83. The van der Waals surface area contributed by atoms with E-state index in [1.165, 1.54) is 13.8 Å². The molecule has 0 unspecified atom stereocenters. The van der Waals surface area contributed by atoms with Crippen LogP contribution in [0.3, 0.4) is 0 Å². The molecule has 1 fully saturated rings. The minimum Gasteiger partial charge on any atom is -0.480 e. The highest BCUT2D eigenvalue weighted by Gasteiger charge is 2.30. The van der Waals surface area contributed by atoms with E-state index >= 15 is 0 Å². The number of amides is 1. The lowest BCUT2D eigenvalue weighted by molar-refractivity contribution is -0.143. The SMILES string of the molecule is CC(C)(NC(=O)c1cccn1C1CCNCC1)C(=O)O. The molecule has 6 heteroatoms. The highest BCUT2D eigenvalue weighted by atomic mass is 16.4. The zero-order valence-electron chi connectivity index (χ0n) is 11.8. The second-order valence-corrected chi connectivity index (χ2v) is 5.67. The zero-order valence-corrected chi connectivity index (χ0v) is 11.8. The Labute approximate surface area is 118 Å². The predicted molar refractivity (Wildman–Crippen MR) is 74.8 cm³/mol. The number of nitrogens with zero attached hydrogens (tertiary/aromatic N) is 1. The van der Waals surface area contributed by atoms with Gasteiger partial charge in [-0.3, -0.25) is 4.79 Å². The number of piperidine rings is 1. The molecule has 20 heavy (non-hydrogen) atoms. The lowest BCUT2D eigenvalue weighted by Gasteiger charge is -2.27. The monoisotopic (exact) mass is 279 g/mol. The highest BCUT2D eigenvalue weighted by molar-refractivity contribution is 5.96. The second kappa shape index (κ2) is 5.66. The van der Waals surface area contributed by atoms with Gasteiger partial charge in [0.2, 0.25) is 0 Å². The number of rotatable bonds is 4. The molecule has 1 aliphatic heterocycles. The van der Waals surface area contributed by atoms with Crippen LogP contribution < -0.4 is 10.6 Å². The Balaban J connectivity index is 2.15. The molecule has 0 aromatic carbocycles. The van der Waals surface area contributed by atoms with Crippen molar-refractivity contribution < 1.29 is 14.7 Å². The summed E-state index contributed by atoms with van der Waals surface area (Å²) in [5.74, 6) is -1.40. The van der Waals surface area contributed by atoms with Crippen molar-refractivity contribution in [3.05, 3.63) is 24.0 Å². The van der Waals surface area contributed by atoms with Gasteiger partial charge in [0, 0.05) is 12.2 Å². The van der Waals surface area contributed by atoms with Crippen LogP contribution in [0.2, 0.25) is 0 Å². The first-order chi connectivity index (χ1) is 9.42. The number of hydrogen-bond donors (Lipinski definition) is 3. The smallest absolute Gasteiger partial charge is 0.328 e. The first-order valence-electron chi connectivity index (χ1n) is 6.85. The van der Waals surface area contributed by atoms with Gasteiger partial charge in [0.25, 0.3) is 5.91 Å². The number of nitrogens with one attached hydrogen (secondary N) is 2. The van der Waals surface area contributed by atoms with Crippen molar-refractivity contribution in [3.8, 4) is 0 Å². The molecule has 110 valence electrons. The van der Waals surface area contributed by atoms with Crippen molar-refractivity contribution in [1.82, 2.24) is 15.2 Å². The van der Waals surface area contributed by atoms with Gasteiger partial charge in [0.1, 0.15) is 11.2 Å². The number of carboxylic acids is 1. The lowest BCUT2D eigenvalue weighted by Crippen LogP contribution is -2.50. The van der Waals surface area contributed by atoms with Crippen molar-refractivity contribution in [2.45, 2.75) is 38.3 Å². The van der Waals surface area contributed by atoms with Crippen molar-refractivity contribution >= 4 is 11.9 Å². The van der Waals surface area contributed by atoms with Crippen LogP contribution in [0.15, 0.2) is 18.3 Å². The maximum absolute atomic E-state index is 12.3. The normalized spacial score (nSPS) is 16.9. The maximum Gasteiger partial charge on any atom is 0.328 e. The van der Waals surface area contributed by atoms with E-state index in [9.17, 15) is 9.59 Å². The molecule has 1 saturated heterocycles. The van der Waals surface area contributed by atoms with Crippen LogP contribution in [-0.2, 0) is 4.79 Å². The molecule has 1 aromatic heterocycles. The van der Waals surface area contributed by atoms with Crippen molar-refractivity contribution in [2.75, 3.05) is 13.1 Å². The minimum absolute atomic E-state index is 0.292. The molecule has 1 aromatic rings. The molecule has 0 spiro atoms. The molecule has 6 nitrogen and oxygen atoms in total. The summed E-state index contributed by atoms with van der Waals surface area (Å²) < 4.78 is 1.95. The van der Waals surface area contributed by atoms with Crippen LogP contribution >= 0.6 is 0 Å². The average molecular weight is 279 g/mol. The number of aromatic nitrogens is 1. The maximum atomic E-state index is 12.3. The third kappa shape index (κ3) is 3.01. The topological polar surface area (TPSA) is 83.4 Å². The van der Waals surface area contributed by atoms with Gasteiger partial charge in [-0.2, -0.15) is 0 Å². The zero-order chi connectivity index (χ0) is 14.8. The first kappa shape index (κ1) is 14.6. The van der Waals surface area contributed by atoms with Crippen LogP contribution in [0.25, 0.3) is 0 Å². The van der Waals surface area contributed by atoms with Gasteiger partial charge in [0.15, 0.2) is 0 Å². The van der Waals surface area contributed by atoms with E-state index in [2.05, 4.69) is 10.6 Å². The average Bonchev–Trinajstić information content (AvgIpc) is 2.88. The Hall–Kier alpha value is -1.82. The Bertz CT molecular complexity index is 502. The fourth-order valence-corrected chi connectivity index (χ4v) is 2.39. The van der Waals surface area contributed by atoms with Gasteiger partial charge >= 0.3 is 5.97 Å². The summed E-state index contributed by atoms with van der Waals surface area (Å²) in [6, 6.07) is 3.85. The molecular weight excluding hydrogens is 258 g/mol. The van der Waals surface area contributed by atoms with E-state index in [1.807, 2.05) is 16.8 Å². The Morgan fingerprint density at radius 3 is 2.65 bits per heavy atom. The van der Waals surface area contributed by atoms with Crippen LogP contribution in [0, 0.1) is 0 Å². The molecule has 1 aliphatic rings. The Morgan fingerprint density at radius 2 is 2.05 bits per heavy atom. The summed E-state index contributed by atoms with van der Waals surface area (Å²) in [4.78, 5) is 23.4. The Morgan fingerprint density at radius 1 is 1.40 bits per heavy atom. The number of carbonyl (C=O) groups excluding carboxylic acids is 1. The van der Waals surface area contributed by atoms with Crippen LogP contribution in [0.4, 0.5) is 0 Å². The van der Waals surface area contributed by atoms with Crippen LogP contribution in [0.5, 0.6) is 0 Å². The van der Waals surface area contributed by atoms with Gasteiger partial charge in [-0.1, -0.05) is 0 Å². The summed E-state index contributed by atoms with van der Waals surface area (Å²) in [6.45, 7) is 4.82. The van der Waals surface area contributed by atoms with Crippen molar-refractivity contribution in [3.63, 3.8) is 0 Å². The molecule has 0 atom stereocenters. The summed E-state index contributed by atoms with van der Waals surface area (Å²) in [5, 5.41) is 14.9. The van der Waals surface area contributed by atoms with E-state index in [4.69, 9.17) is 5.11 Å². The number of aliphatic carboxylic acids is 1.